The van der Waals surface area contributed by atoms with E-state index in [4.69, 9.17) is 0 Å². The van der Waals surface area contributed by atoms with Gasteiger partial charge in [-0.1, -0.05) is 22.5 Å². The van der Waals surface area contributed by atoms with Gasteiger partial charge in [0.1, 0.15) is 0 Å². The van der Waals surface area contributed by atoms with Gasteiger partial charge >= 0.3 is 0 Å². The van der Waals surface area contributed by atoms with Crippen LogP contribution in [0.3, 0.4) is 0 Å². The van der Waals surface area contributed by atoms with Gasteiger partial charge in [0.05, 0.1) is 0 Å². The molecule has 0 bridgehead atoms. The Labute approximate surface area is 65.9 Å². The van der Waals surface area contributed by atoms with Crippen molar-refractivity contribution in [1.82, 2.24) is 4.90 Å². The lowest BCUT2D eigenvalue weighted by Crippen LogP contribution is -2.24. The van der Waals surface area contributed by atoms with Crippen molar-refractivity contribution >= 4 is 15.9 Å². The van der Waals surface area contributed by atoms with Crippen LogP contribution in [0.4, 0.5) is 0 Å². The van der Waals surface area contributed by atoms with Crippen LogP contribution < -0.4 is 0 Å². The molecule has 9 heavy (non-hydrogen) atoms. The summed E-state index contributed by atoms with van der Waals surface area (Å²) in [5, 5.41) is 0. The minimum absolute atomic E-state index is 0.580. The predicted octanol–water partition coefficient (Wildman–Crippen LogP) is 2.24. The standard InChI is InChI=1S/C7H14BrN/c1-6(8)5-7(2)9(3)4/h7H,1,5H2,2-4H3. The van der Waals surface area contributed by atoms with Crippen molar-refractivity contribution in [2.24, 2.45) is 0 Å². The third-order valence-corrected chi connectivity index (χ3v) is 1.72. The molecule has 0 aliphatic carbocycles. The third kappa shape index (κ3) is 4.67. The second kappa shape index (κ2) is 4.07. The summed E-state index contributed by atoms with van der Waals surface area (Å²) in [4.78, 5) is 2.17. The fraction of sp³-hybridized carbons (Fsp3) is 0.714. The molecule has 1 atom stereocenters. The molecular weight excluding hydrogens is 178 g/mol. The maximum absolute atomic E-state index is 3.77. The van der Waals surface area contributed by atoms with Crippen LogP contribution in [0.2, 0.25) is 0 Å². The Kier molecular flexibility index (Phi) is 4.15. The first-order valence-electron chi connectivity index (χ1n) is 3.03. The van der Waals surface area contributed by atoms with Gasteiger partial charge in [0.25, 0.3) is 0 Å². The molecule has 0 aliphatic heterocycles. The van der Waals surface area contributed by atoms with E-state index in [1.54, 1.807) is 0 Å². The normalized spacial score (nSPS) is 13.9. The van der Waals surface area contributed by atoms with Crippen LogP contribution in [0.5, 0.6) is 0 Å². The maximum Gasteiger partial charge on any atom is 0.0106 e. The van der Waals surface area contributed by atoms with Gasteiger partial charge in [-0.15, -0.1) is 0 Å². The number of hydrogen-bond donors (Lipinski definition) is 0. The first-order valence-corrected chi connectivity index (χ1v) is 3.83. The summed E-state index contributed by atoms with van der Waals surface area (Å²) >= 11 is 3.32. The molecule has 0 saturated carbocycles. The summed E-state index contributed by atoms with van der Waals surface area (Å²) in [6, 6.07) is 0.580. The smallest absolute Gasteiger partial charge is 0.0106 e. The second-order valence-electron chi connectivity index (χ2n) is 2.53. The fourth-order valence-corrected chi connectivity index (χ4v) is 0.972. The zero-order valence-corrected chi connectivity index (χ0v) is 7.90. The monoisotopic (exact) mass is 191 g/mol. The Morgan fingerprint density at radius 3 is 2.22 bits per heavy atom. The summed E-state index contributed by atoms with van der Waals surface area (Å²) in [6.45, 7) is 5.94. The SMILES string of the molecule is C=C(Br)CC(C)N(C)C. The van der Waals surface area contributed by atoms with Gasteiger partial charge in [-0.3, -0.25) is 0 Å². The van der Waals surface area contributed by atoms with Gasteiger partial charge < -0.3 is 4.90 Å². The molecule has 1 unspecified atom stereocenters. The zero-order valence-electron chi connectivity index (χ0n) is 6.32. The van der Waals surface area contributed by atoms with Gasteiger partial charge in [-0.05, 0) is 31.9 Å². The van der Waals surface area contributed by atoms with E-state index in [2.05, 4.69) is 48.4 Å². The van der Waals surface area contributed by atoms with E-state index in [-0.39, 0.29) is 0 Å². The first kappa shape index (κ1) is 9.18. The highest BCUT2D eigenvalue weighted by molar-refractivity contribution is 9.11. The quantitative estimate of drug-likeness (QED) is 0.662. The van der Waals surface area contributed by atoms with Crippen molar-refractivity contribution in [3.63, 3.8) is 0 Å². The number of halogens is 1. The molecule has 0 radical (unpaired) electrons. The van der Waals surface area contributed by atoms with Crippen molar-refractivity contribution < 1.29 is 0 Å². The van der Waals surface area contributed by atoms with Gasteiger partial charge in [0.15, 0.2) is 0 Å². The highest BCUT2D eigenvalue weighted by Crippen LogP contribution is 2.11. The van der Waals surface area contributed by atoms with Crippen molar-refractivity contribution in [2.45, 2.75) is 19.4 Å². The lowest BCUT2D eigenvalue weighted by Gasteiger charge is -2.18. The average molecular weight is 192 g/mol. The second-order valence-corrected chi connectivity index (χ2v) is 3.66. The molecule has 2 heteroatoms. The van der Waals surface area contributed by atoms with Crippen molar-refractivity contribution in [3.8, 4) is 0 Å². The molecule has 0 aromatic carbocycles. The largest absolute Gasteiger partial charge is 0.306 e. The van der Waals surface area contributed by atoms with E-state index in [1.165, 1.54) is 0 Å². The molecule has 0 aromatic heterocycles. The first-order chi connectivity index (χ1) is 4.04. The van der Waals surface area contributed by atoms with Gasteiger partial charge in [0.2, 0.25) is 0 Å². The van der Waals surface area contributed by atoms with Gasteiger partial charge in [-0.25, -0.2) is 0 Å². The molecule has 0 amide bonds. The van der Waals surface area contributed by atoms with Crippen molar-refractivity contribution in [3.05, 3.63) is 11.1 Å². The zero-order chi connectivity index (χ0) is 7.44. The van der Waals surface area contributed by atoms with Crippen molar-refractivity contribution in [1.29, 1.82) is 0 Å². The highest BCUT2D eigenvalue weighted by Gasteiger charge is 2.03. The minimum atomic E-state index is 0.580. The Bertz CT molecular complexity index is 99.1. The molecule has 0 aliphatic rings. The lowest BCUT2D eigenvalue weighted by molar-refractivity contribution is 0.315. The molecule has 0 rings (SSSR count). The van der Waals surface area contributed by atoms with E-state index < -0.39 is 0 Å². The maximum atomic E-state index is 3.77. The Hall–Kier alpha value is 0.180. The Morgan fingerprint density at radius 2 is 2.11 bits per heavy atom. The topological polar surface area (TPSA) is 3.24 Å². The molecule has 1 nitrogen and oxygen atoms in total. The summed E-state index contributed by atoms with van der Waals surface area (Å²) in [5.41, 5.74) is 0. The molecule has 0 heterocycles. The van der Waals surface area contributed by atoms with Crippen LogP contribution in [-0.4, -0.2) is 25.0 Å². The molecular formula is C7H14BrN. The van der Waals surface area contributed by atoms with E-state index in [1.807, 2.05) is 0 Å². The van der Waals surface area contributed by atoms with Gasteiger partial charge in [-0.2, -0.15) is 0 Å². The van der Waals surface area contributed by atoms with Crippen LogP contribution in [-0.2, 0) is 0 Å². The van der Waals surface area contributed by atoms with Crippen molar-refractivity contribution in [2.75, 3.05) is 14.1 Å². The lowest BCUT2D eigenvalue weighted by atomic mass is 10.2. The summed E-state index contributed by atoms with van der Waals surface area (Å²) < 4.78 is 1.07. The average Bonchev–Trinajstić information content (AvgIpc) is 1.63. The predicted molar refractivity (Wildman–Crippen MR) is 45.8 cm³/mol. The third-order valence-electron chi connectivity index (χ3n) is 1.40. The van der Waals surface area contributed by atoms with Crippen LogP contribution in [0, 0.1) is 0 Å². The molecule has 0 N–H and O–H groups in total. The van der Waals surface area contributed by atoms with Crippen LogP contribution in [0.25, 0.3) is 0 Å². The summed E-state index contributed by atoms with van der Waals surface area (Å²) in [7, 11) is 4.14. The van der Waals surface area contributed by atoms with E-state index >= 15 is 0 Å². The van der Waals surface area contributed by atoms with Crippen LogP contribution in [0.15, 0.2) is 11.1 Å². The molecule has 0 aromatic rings. The van der Waals surface area contributed by atoms with Gasteiger partial charge in [0, 0.05) is 6.04 Å². The summed E-state index contributed by atoms with van der Waals surface area (Å²) in [6.07, 6.45) is 1.02. The minimum Gasteiger partial charge on any atom is -0.306 e. The number of rotatable bonds is 3. The highest BCUT2D eigenvalue weighted by atomic mass is 79.9. The van der Waals surface area contributed by atoms with Crippen LogP contribution >= 0.6 is 15.9 Å². The molecule has 0 saturated heterocycles. The number of nitrogens with zero attached hydrogens (tertiary/aromatic N) is 1. The molecule has 0 fully saturated rings. The summed E-state index contributed by atoms with van der Waals surface area (Å²) in [5.74, 6) is 0. The Balaban J connectivity index is 3.50. The van der Waals surface area contributed by atoms with Crippen LogP contribution in [0.1, 0.15) is 13.3 Å². The fourth-order valence-electron chi connectivity index (χ4n) is 0.503. The Morgan fingerprint density at radius 1 is 1.67 bits per heavy atom. The van der Waals surface area contributed by atoms with E-state index in [0.29, 0.717) is 6.04 Å². The number of hydrogen-bond acceptors (Lipinski definition) is 1. The van der Waals surface area contributed by atoms with E-state index in [0.717, 1.165) is 10.9 Å². The molecule has 0 spiro atoms. The molecule has 54 valence electrons. The van der Waals surface area contributed by atoms with E-state index in [9.17, 15) is 0 Å².